The van der Waals surface area contributed by atoms with Crippen LogP contribution >= 0.6 is 23.2 Å². The van der Waals surface area contributed by atoms with Gasteiger partial charge < -0.3 is 9.64 Å². The first kappa shape index (κ1) is 16.3. The van der Waals surface area contributed by atoms with E-state index in [1.165, 1.54) is 4.90 Å². The standard InChI is InChI=1S/C16H16Cl2N2O3/c1-2-20-15(21)13(11-4-3-10(17)9-12(11)18)14(16(20)22)19-5-7-23-8-6-19/h3-4,9H,2,5-8H2,1H3. The van der Waals surface area contributed by atoms with Crippen molar-refractivity contribution >= 4 is 40.6 Å². The van der Waals surface area contributed by atoms with Gasteiger partial charge in [0.25, 0.3) is 11.8 Å². The van der Waals surface area contributed by atoms with E-state index in [1.807, 2.05) is 4.90 Å². The lowest BCUT2D eigenvalue weighted by Crippen LogP contribution is -2.40. The molecule has 0 spiro atoms. The summed E-state index contributed by atoms with van der Waals surface area (Å²) < 4.78 is 5.34. The van der Waals surface area contributed by atoms with E-state index >= 15 is 0 Å². The quantitative estimate of drug-likeness (QED) is 0.782. The lowest BCUT2D eigenvalue weighted by molar-refractivity contribution is -0.137. The molecule has 0 aromatic heterocycles. The molecular weight excluding hydrogens is 339 g/mol. The van der Waals surface area contributed by atoms with Crippen molar-refractivity contribution in [1.29, 1.82) is 0 Å². The van der Waals surface area contributed by atoms with Gasteiger partial charge in [-0.25, -0.2) is 0 Å². The summed E-state index contributed by atoms with van der Waals surface area (Å²) in [5, 5.41) is 0.841. The van der Waals surface area contributed by atoms with Gasteiger partial charge in [-0.3, -0.25) is 14.5 Å². The van der Waals surface area contributed by atoms with Crippen molar-refractivity contribution in [3.05, 3.63) is 39.5 Å². The molecule has 1 aromatic carbocycles. The molecule has 1 saturated heterocycles. The molecule has 1 fully saturated rings. The second-order valence-corrected chi connectivity index (χ2v) is 6.15. The van der Waals surface area contributed by atoms with Gasteiger partial charge >= 0.3 is 0 Å². The first-order chi connectivity index (χ1) is 11.0. The van der Waals surface area contributed by atoms with Gasteiger partial charge in [0, 0.05) is 30.2 Å². The zero-order valence-corrected chi connectivity index (χ0v) is 14.2. The number of nitrogens with zero attached hydrogens (tertiary/aromatic N) is 2. The molecule has 2 aliphatic rings. The van der Waals surface area contributed by atoms with Crippen molar-refractivity contribution in [1.82, 2.24) is 9.80 Å². The van der Waals surface area contributed by atoms with Crippen molar-refractivity contribution in [3.8, 4) is 0 Å². The fourth-order valence-corrected chi connectivity index (χ4v) is 3.37. The van der Waals surface area contributed by atoms with Crippen LogP contribution in [0.2, 0.25) is 10.0 Å². The Kier molecular flexibility index (Phi) is 4.62. The largest absolute Gasteiger partial charge is 0.378 e. The van der Waals surface area contributed by atoms with Gasteiger partial charge in [-0.15, -0.1) is 0 Å². The fraction of sp³-hybridized carbons (Fsp3) is 0.375. The van der Waals surface area contributed by atoms with Gasteiger partial charge in [0.05, 0.1) is 23.8 Å². The summed E-state index contributed by atoms with van der Waals surface area (Å²) in [5.74, 6) is -0.594. The van der Waals surface area contributed by atoms with Crippen molar-refractivity contribution < 1.29 is 14.3 Å². The van der Waals surface area contributed by atoms with Crippen LogP contribution in [0.3, 0.4) is 0 Å². The summed E-state index contributed by atoms with van der Waals surface area (Å²) >= 11 is 12.2. The molecule has 0 atom stereocenters. The molecule has 0 unspecified atom stereocenters. The lowest BCUT2D eigenvalue weighted by Gasteiger charge is -2.29. The summed E-state index contributed by atoms with van der Waals surface area (Å²) in [7, 11) is 0. The topological polar surface area (TPSA) is 49.9 Å². The van der Waals surface area contributed by atoms with Gasteiger partial charge in [0.15, 0.2) is 0 Å². The predicted molar refractivity (Wildman–Crippen MR) is 88.2 cm³/mol. The third-order valence-corrected chi connectivity index (χ3v) is 4.54. The summed E-state index contributed by atoms with van der Waals surface area (Å²) in [4.78, 5) is 28.6. The molecule has 2 aliphatic heterocycles. The molecule has 7 heteroatoms. The summed E-state index contributed by atoms with van der Waals surface area (Å²) in [6.07, 6.45) is 0. The molecular formula is C16H16Cl2N2O3. The van der Waals surface area contributed by atoms with E-state index in [0.29, 0.717) is 59.7 Å². The molecule has 0 aliphatic carbocycles. The number of likely N-dealkylation sites (N-methyl/N-ethyl adjacent to an activating group) is 1. The van der Waals surface area contributed by atoms with Crippen molar-refractivity contribution in [2.75, 3.05) is 32.8 Å². The zero-order chi connectivity index (χ0) is 16.6. The second-order valence-electron chi connectivity index (χ2n) is 5.30. The average Bonchev–Trinajstić information content (AvgIpc) is 2.79. The SMILES string of the molecule is CCN1C(=O)C(c2ccc(Cl)cc2Cl)=C(N2CCOCC2)C1=O. The molecule has 122 valence electrons. The number of rotatable bonds is 3. The number of amides is 2. The van der Waals surface area contributed by atoms with Crippen molar-refractivity contribution in [3.63, 3.8) is 0 Å². The Balaban J connectivity index is 2.14. The highest BCUT2D eigenvalue weighted by molar-refractivity contribution is 6.41. The maximum Gasteiger partial charge on any atom is 0.277 e. The first-order valence-electron chi connectivity index (χ1n) is 7.43. The molecule has 3 rings (SSSR count). The van der Waals surface area contributed by atoms with E-state index in [-0.39, 0.29) is 11.8 Å². The number of morpholine rings is 1. The van der Waals surface area contributed by atoms with Crippen LogP contribution in [0.4, 0.5) is 0 Å². The summed E-state index contributed by atoms with van der Waals surface area (Å²) in [6.45, 7) is 4.29. The van der Waals surface area contributed by atoms with Gasteiger partial charge in [0.2, 0.25) is 0 Å². The maximum atomic E-state index is 12.7. The van der Waals surface area contributed by atoms with E-state index in [9.17, 15) is 9.59 Å². The fourth-order valence-electron chi connectivity index (χ4n) is 2.87. The van der Waals surface area contributed by atoms with Gasteiger partial charge in [-0.05, 0) is 19.1 Å². The van der Waals surface area contributed by atoms with E-state index in [0.717, 1.165) is 0 Å². The highest BCUT2D eigenvalue weighted by Crippen LogP contribution is 2.36. The minimum absolute atomic E-state index is 0.277. The van der Waals surface area contributed by atoms with E-state index < -0.39 is 0 Å². The maximum absolute atomic E-state index is 12.7. The van der Waals surface area contributed by atoms with Gasteiger partial charge in [-0.2, -0.15) is 0 Å². The molecule has 23 heavy (non-hydrogen) atoms. The number of hydrogen-bond donors (Lipinski definition) is 0. The number of ether oxygens (including phenoxy) is 1. The minimum Gasteiger partial charge on any atom is -0.378 e. The van der Waals surface area contributed by atoms with Crippen LogP contribution in [0.15, 0.2) is 23.9 Å². The number of imide groups is 1. The van der Waals surface area contributed by atoms with Crippen molar-refractivity contribution in [2.24, 2.45) is 0 Å². The van der Waals surface area contributed by atoms with Crippen molar-refractivity contribution in [2.45, 2.75) is 6.92 Å². The van der Waals surface area contributed by atoms with Crippen LogP contribution in [0, 0.1) is 0 Å². The summed E-state index contributed by atoms with van der Waals surface area (Å²) in [5.41, 5.74) is 1.29. The number of hydrogen-bond acceptors (Lipinski definition) is 4. The highest BCUT2D eigenvalue weighted by Gasteiger charge is 2.41. The molecule has 2 heterocycles. The predicted octanol–water partition coefficient (Wildman–Crippen LogP) is 2.43. The van der Waals surface area contributed by atoms with Gasteiger partial charge in [0.1, 0.15) is 5.70 Å². The summed E-state index contributed by atoms with van der Waals surface area (Å²) in [6, 6.07) is 4.93. The Morgan fingerprint density at radius 1 is 1.13 bits per heavy atom. The van der Waals surface area contributed by atoms with Crippen LogP contribution in [-0.4, -0.2) is 54.5 Å². The Hall–Kier alpha value is -1.56. The number of carbonyl (C=O) groups excluding carboxylic acids is 2. The van der Waals surface area contributed by atoms with E-state index in [1.54, 1.807) is 25.1 Å². The molecule has 0 saturated carbocycles. The first-order valence-corrected chi connectivity index (χ1v) is 8.18. The molecule has 1 aromatic rings. The van der Waals surface area contributed by atoms with E-state index in [4.69, 9.17) is 27.9 Å². The molecule has 0 N–H and O–H groups in total. The smallest absolute Gasteiger partial charge is 0.277 e. The number of halogens is 2. The lowest BCUT2D eigenvalue weighted by atomic mass is 10.0. The second kappa shape index (κ2) is 6.51. The Bertz CT molecular complexity index is 697. The van der Waals surface area contributed by atoms with Crippen LogP contribution in [0.1, 0.15) is 12.5 Å². The minimum atomic E-state index is -0.316. The highest BCUT2D eigenvalue weighted by atomic mass is 35.5. The Morgan fingerprint density at radius 3 is 2.43 bits per heavy atom. The van der Waals surface area contributed by atoms with Crippen LogP contribution in [-0.2, 0) is 14.3 Å². The van der Waals surface area contributed by atoms with Crippen LogP contribution in [0.5, 0.6) is 0 Å². The molecule has 2 amide bonds. The zero-order valence-electron chi connectivity index (χ0n) is 12.6. The van der Waals surface area contributed by atoms with Crippen LogP contribution in [0.25, 0.3) is 5.57 Å². The molecule has 5 nitrogen and oxygen atoms in total. The normalized spacial score (nSPS) is 19.1. The third-order valence-electron chi connectivity index (χ3n) is 3.99. The molecule has 0 radical (unpaired) electrons. The monoisotopic (exact) mass is 354 g/mol. The Labute approximate surface area is 144 Å². The molecule has 0 bridgehead atoms. The number of benzene rings is 1. The third kappa shape index (κ3) is 2.84. The van der Waals surface area contributed by atoms with Gasteiger partial charge in [-0.1, -0.05) is 29.3 Å². The Morgan fingerprint density at radius 2 is 1.83 bits per heavy atom. The van der Waals surface area contributed by atoms with Crippen LogP contribution < -0.4 is 0 Å². The average molecular weight is 355 g/mol. The van der Waals surface area contributed by atoms with E-state index in [2.05, 4.69) is 0 Å². The number of carbonyl (C=O) groups is 2.